The molecule has 1 aliphatic rings. The standard InChI is InChI=1S/C25H24F3N7O/c1-34-6-8-35(9-7-34)16-19-4-5-21(11-22(19)25(26,27)28)33-23(36)20-10-17(12-30-15-20)2-3-18-13-31-24(29)32-14-18/h4-5,10-15H,6-9,16H2,1H3,(H,33,36)(H2,29,31,32). The molecule has 3 heterocycles. The number of amides is 1. The van der Waals surface area contributed by atoms with Gasteiger partial charge in [-0.1, -0.05) is 17.9 Å². The summed E-state index contributed by atoms with van der Waals surface area (Å²) in [6.07, 6.45) is 1.16. The van der Waals surface area contributed by atoms with Crippen LogP contribution in [0.2, 0.25) is 0 Å². The van der Waals surface area contributed by atoms with Gasteiger partial charge in [-0.15, -0.1) is 0 Å². The minimum absolute atomic E-state index is 0.0463. The summed E-state index contributed by atoms with van der Waals surface area (Å²) in [5.74, 6) is 5.22. The Morgan fingerprint density at radius 3 is 2.42 bits per heavy atom. The topological polar surface area (TPSA) is 100 Å². The highest BCUT2D eigenvalue weighted by molar-refractivity contribution is 6.04. The molecule has 1 saturated heterocycles. The Balaban J connectivity index is 1.49. The molecule has 8 nitrogen and oxygen atoms in total. The number of aromatic nitrogens is 3. The molecule has 186 valence electrons. The number of nitrogens with two attached hydrogens (primary N) is 1. The minimum atomic E-state index is -4.55. The minimum Gasteiger partial charge on any atom is -0.368 e. The van der Waals surface area contributed by atoms with Crippen molar-refractivity contribution in [2.75, 3.05) is 44.3 Å². The molecular weight excluding hydrogens is 471 g/mol. The Hall–Kier alpha value is -4.01. The molecule has 36 heavy (non-hydrogen) atoms. The quantitative estimate of drug-likeness (QED) is 0.537. The van der Waals surface area contributed by atoms with Crippen molar-refractivity contribution in [3.8, 4) is 11.8 Å². The number of carbonyl (C=O) groups excluding carboxylic acids is 1. The number of piperazine rings is 1. The summed E-state index contributed by atoms with van der Waals surface area (Å²) < 4.78 is 41.5. The van der Waals surface area contributed by atoms with Gasteiger partial charge in [0.1, 0.15) is 0 Å². The number of nitrogen functional groups attached to an aromatic ring is 1. The average molecular weight is 496 g/mol. The normalized spacial score (nSPS) is 14.7. The molecule has 0 atom stereocenters. The van der Waals surface area contributed by atoms with Gasteiger partial charge in [-0.25, -0.2) is 9.97 Å². The summed E-state index contributed by atoms with van der Waals surface area (Å²) >= 11 is 0. The van der Waals surface area contributed by atoms with Crippen LogP contribution < -0.4 is 11.1 Å². The molecule has 0 unspecified atom stereocenters. The molecule has 1 aromatic carbocycles. The van der Waals surface area contributed by atoms with Crippen LogP contribution in [0.1, 0.15) is 32.6 Å². The molecule has 0 saturated carbocycles. The van der Waals surface area contributed by atoms with Crippen molar-refractivity contribution in [2.24, 2.45) is 0 Å². The van der Waals surface area contributed by atoms with Crippen LogP contribution in [0.4, 0.5) is 24.8 Å². The number of rotatable bonds is 4. The molecule has 1 fully saturated rings. The number of anilines is 2. The Kier molecular flexibility index (Phi) is 7.47. The van der Waals surface area contributed by atoms with E-state index in [1.165, 1.54) is 43.0 Å². The third-order valence-electron chi connectivity index (χ3n) is 5.69. The van der Waals surface area contributed by atoms with Gasteiger partial charge < -0.3 is 16.0 Å². The molecule has 3 aromatic rings. The van der Waals surface area contributed by atoms with E-state index in [-0.39, 0.29) is 29.3 Å². The van der Waals surface area contributed by atoms with Crippen molar-refractivity contribution in [1.82, 2.24) is 24.8 Å². The van der Waals surface area contributed by atoms with E-state index < -0.39 is 17.6 Å². The maximum absolute atomic E-state index is 13.8. The number of benzene rings is 1. The fraction of sp³-hybridized carbons (Fsp3) is 0.280. The predicted octanol–water partition coefficient (Wildman–Crippen LogP) is 2.87. The van der Waals surface area contributed by atoms with E-state index in [2.05, 4.69) is 37.0 Å². The van der Waals surface area contributed by atoms with E-state index in [4.69, 9.17) is 5.73 Å². The summed E-state index contributed by atoms with van der Waals surface area (Å²) in [5, 5.41) is 2.53. The molecule has 2 aromatic heterocycles. The summed E-state index contributed by atoms with van der Waals surface area (Å²) in [4.78, 5) is 28.6. The summed E-state index contributed by atoms with van der Waals surface area (Å²) in [5.41, 5.74) is 6.03. The molecule has 0 bridgehead atoms. The van der Waals surface area contributed by atoms with E-state index in [1.54, 1.807) is 0 Å². The van der Waals surface area contributed by atoms with Crippen LogP contribution in [0.5, 0.6) is 0 Å². The lowest BCUT2D eigenvalue weighted by atomic mass is 10.0. The van der Waals surface area contributed by atoms with Crippen LogP contribution in [0.15, 0.2) is 49.1 Å². The fourth-order valence-corrected chi connectivity index (χ4v) is 3.69. The van der Waals surface area contributed by atoms with E-state index in [0.717, 1.165) is 19.2 Å². The number of hydrogen-bond donors (Lipinski definition) is 2. The first-order chi connectivity index (χ1) is 17.2. The van der Waals surface area contributed by atoms with E-state index in [0.29, 0.717) is 24.2 Å². The molecule has 0 spiro atoms. The molecule has 4 rings (SSSR count). The number of halogens is 3. The second kappa shape index (κ2) is 10.7. The van der Waals surface area contributed by atoms with Crippen molar-refractivity contribution in [3.05, 3.63) is 76.9 Å². The van der Waals surface area contributed by atoms with Gasteiger partial charge in [0, 0.05) is 68.8 Å². The van der Waals surface area contributed by atoms with Crippen LogP contribution in [0.3, 0.4) is 0 Å². The van der Waals surface area contributed by atoms with E-state index in [9.17, 15) is 18.0 Å². The molecule has 1 amide bonds. The molecule has 3 N–H and O–H groups in total. The van der Waals surface area contributed by atoms with Crippen LogP contribution in [-0.4, -0.2) is 63.9 Å². The monoisotopic (exact) mass is 495 g/mol. The fourth-order valence-electron chi connectivity index (χ4n) is 3.69. The van der Waals surface area contributed by atoms with Gasteiger partial charge in [0.15, 0.2) is 0 Å². The van der Waals surface area contributed by atoms with Gasteiger partial charge in [0.2, 0.25) is 5.95 Å². The first kappa shape index (κ1) is 25.1. The highest BCUT2D eigenvalue weighted by atomic mass is 19.4. The lowest BCUT2D eigenvalue weighted by molar-refractivity contribution is -0.138. The van der Waals surface area contributed by atoms with Crippen LogP contribution in [0, 0.1) is 11.8 Å². The number of hydrogen-bond acceptors (Lipinski definition) is 7. The zero-order chi connectivity index (χ0) is 25.7. The van der Waals surface area contributed by atoms with E-state index in [1.807, 2.05) is 11.9 Å². The van der Waals surface area contributed by atoms with Gasteiger partial charge in [0.25, 0.3) is 5.91 Å². The van der Waals surface area contributed by atoms with Crippen LogP contribution in [0.25, 0.3) is 0 Å². The van der Waals surface area contributed by atoms with Gasteiger partial charge in [-0.3, -0.25) is 14.7 Å². The number of likely N-dealkylation sites (N-methyl/N-ethyl adjacent to an activating group) is 1. The first-order valence-electron chi connectivity index (χ1n) is 11.1. The van der Waals surface area contributed by atoms with Crippen molar-refractivity contribution in [3.63, 3.8) is 0 Å². The number of nitrogens with one attached hydrogen (secondary N) is 1. The van der Waals surface area contributed by atoms with Crippen molar-refractivity contribution in [1.29, 1.82) is 0 Å². The van der Waals surface area contributed by atoms with Crippen molar-refractivity contribution < 1.29 is 18.0 Å². The lowest BCUT2D eigenvalue weighted by Gasteiger charge is -2.33. The number of nitrogens with zero attached hydrogens (tertiary/aromatic N) is 5. The smallest absolute Gasteiger partial charge is 0.368 e. The number of alkyl halides is 3. The lowest BCUT2D eigenvalue weighted by Crippen LogP contribution is -2.44. The molecule has 11 heteroatoms. The molecule has 0 aliphatic carbocycles. The SMILES string of the molecule is CN1CCN(Cc2ccc(NC(=O)c3cncc(C#Cc4cnc(N)nc4)c3)cc2C(F)(F)F)CC1. The molecule has 1 aliphatic heterocycles. The van der Waals surface area contributed by atoms with Gasteiger partial charge in [-0.2, -0.15) is 13.2 Å². The third-order valence-corrected chi connectivity index (χ3v) is 5.69. The highest BCUT2D eigenvalue weighted by Gasteiger charge is 2.34. The van der Waals surface area contributed by atoms with Crippen LogP contribution >= 0.6 is 0 Å². The second-order valence-corrected chi connectivity index (χ2v) is 8.45. The van der Waals surface area contributed by atoms with Gasteiger partial charge in [0.05, 0.1) is 16.7 Å². The Bertz CT molecular complexity index is 1290. The summed E-state index contributed by atoms with van der Waals surface area (Å²) in [6, 6.07) is 5.38. The van der Waals surface area contributed by atoms with E-state index >= 15 is 0 Å². The Morgan fingerprint density at radius 2 is 1.72 bits per heavy atom. The maximum atomic E-state index is 13.8. The third kappa shape index (κ3) is 6.56. The Labute approximate surface area is 206 Å². The highest BCUT2D eigenvalue weighted by Crippen LogP contribution is 2.34. The predicted molar refractivity (Wildman–Crippen MR) is 129 cm³/mol. The molecular formula is C25H24F3N7O. The summed E-state index contributed by atoms with van der Waals surface area (Å²) in [7, 11) is 1.99. The zero-order valence-electron chi connectivity index (χ0n) is 19.5. The largest absolute Gasteiger partial charge is 0.416 e. The Morgan fingerprint density at radius 1 is 1.03 bits per heavy atom. The van der Waals surface area contributed by atoms with Crippen molar-refractivity contribution >= 4 is 17.5 Å². The zero-order valence-corrected chi connectivity index (χ0v) is 19.5. The first-order valence-corrected chi connectivity index (χ1v) is 11.1. The van der Waals surface area contributed by atoms with Gasteiger partial charge in [-0.05, 0) is 30.8 Å². The molecule has 0 radical (unpaired) electrons. The maximum Gasteiger partial charge on any atom is 0.416 e. The summed E-state index contributed by atoms with van der Waals surface area (Å²) in [6.45, 7) is 3.20. The second-order valence-electron chi connectivity index (χ2n) is 8.45. The average Bonchev–Trinajstić information content (AvgIpc) is 2.85. The van der Waals surface area contributed by atoms with Gasteiger partial charge >= 0.3 is 6.18 Å². The van der Waals surface area contributed by atoms with Crippen LogP contribution in [-0.2, 0) is 12.7 Å². The van der Waals surface area contributed by atoms with Crippen molar-refractivity contribution in [2.45, 2.75) is 12.7 Å². The number of pyridine rings is 1. The number of carbonyl (C=O) groups is 1.